The molecule has 0 aliphatic heterocycles. The van der Waals surface area contributed by atoms with Crippen LogP contribution in [0.5, 0.6) is 0 Å². The molecule has 1 aromatic carbocycles. The summed E-state index contributed by atoms with van der Waals surface area (Å²) in [6.07, 6.45) is -0.307. The topological polar surface area (TPSA) is 67.2 Å². The number of benzene rings is 1. The van der Waals surface area contributed by atoms with Crippen LogP contribution in [-0.4, -0.2) is 18.4 Å². The van der Waals surface area contributed by atoms with Crippen molar-refractivity contribution in [3.63, 3.8) is 0 Å². The van der Waals surface area contributed by atoms with Gasteiger partial charge in [0.25, 0.3) is 0 Å². The van der Waals surface area contributed by atoms with Crippen molar-refractivity contribution >= 4 is 11.8 Å². The van der Waals surface area contributed by atoms with Crippen LogP contribution in [0, 0.1) is 23.1 Å². The number of rotatable bonds is 5. The van der Waals surface area contributed by atoms with Gasteiger partial charge in [-0.15, -0.1) is 0 Å². The Kier molecular flexibility index (Phi) is 5.00. The van der Waals surface area contributed by atoms with Crippen molar-refractivity contribution < 1.29 is 18.7 Å². The molecule has 0 aliphatic carbocycles. The molecule has 0 saturated carbocycles. The Bertz CT molecular complexity index is 493. The van der Waals surface area contributed by atoms with E-state index in [1.54, 1.807) is 13.0 Å². The number of hydrogen-bond donors (Lipinski definition) is 0. The zero-order valence-corrected chi connectivity index (χ0v) is 9.85. The molecule has 0 radical (unpaired) electrons. The molecule has 0 aromatic heterocycles. The standard InChI is InChI=1S/C13H12FNO3/c1-2-18-13(17)10(8-15)7-12(16)9-4-3-5-11(14)6-9/h3-6,10H,2,7H2,1H3/t10-/m0/s1. The van der Waals surface area contributed by atoms with Crippen molar-refractivity contribution in [3.05, 3.63) is 35.6 Å². The first-order valence-electron chi connectivity index (χ1n) is 5.43. The molecule has 1 atom stereocenters. The second-order valence-corrected chi connectivity index (χ2v) is 3.57. The molecule has 0 fully saturated rings. The van der Waals surface area contributed by atoms with Crippen molar-refractivity contribution in [1.29, 1.82) is 5.26 Å². The minimum Gasteiger partial charge on any atom is -0.465 e. The van der Waals surface area contributed by atoms with Crippen LogP contribution in [0.3, 0.4) is 0 Å². The third-order valence-electron chi connectivity index (χ3n) is 2.26. The van der Waals surface area contributed by atoms with Gasteiger partial charge in [-0.25, -0.2) is 4.39 Å². The summed E-state index contributed by atoms with van der Waals surface area (Å²) in [5.74, 6) is -2.88. The van der Waals surface area contributed by atoms with E-state index >= 15 is 0 Å². The van der Waals surface area contributed by atoms with Gasteiger partial charge < -0.3 is 4.74 Å². The first-order valence-corrected chi connectivity index (χ1v) is 5.43. The molecular formula is C13H12FNO3. The van der Waals surface area contributed by atoms with E-state index < -0.39 is 23.5 Å². The first kappa shape index (κ1) is 13.8. The second kappa shape index (κ2) is 6.50. The zero-order chi connectivity index (χ0) is 13.5. The highest BCUT2D eigenvalue weighted by Gasteiger charge is 2.23. The Balaban J connectivity index is 2.74. The van der Waals surface area contributed by atoms with Gasteiger partial charge in [0.2, 0.25) is 0 Å². The molecule has 5 heteroatoms. The fraction of sp³-hybridized carbons (Fsp3) is 0.308. The van der Waals surface area contributed by atoms with Crippen LogP contribution in [0.15, 0.2) is 24.3 Å². The lowest BCUT2D eigenvalue weighted by molar-refractivity contribution is -0.145. The molecule has 18 heavy (non-hydrogen) atoms. The smallest absolute Gasteiger partial charge is 0.323 e. The van der Waals surface area contributed by atoms with Gasteiger partial charge in [-0.2, -0.15) is 5.26 Å². The van der Waals surface area contributed by atoms with E-state index in [2.05, 4.69) is 4.74 Å². The van der Waals surface area contributed by atoms with Crippen molar-refractivity contribution in [3.8, 4) is 6.07 Å². The van der Waals surface area contributed by atoms with E-state index in [1.807, 2.05) is 0 Å². The summed E-state index contributed by atoms with van der Waals surface area (Å²) >= 11 is 0. The number of nitrogens with zero attached hydrogens (tertiary/aromatic N) is 1. The van der Waals surface area contributed by atoms with E-state index in [0.717, 1.165) is 6.07 Å². The number of hydrogen-bond acceptors (Lipinski definition) is 4. The number of Topliss-reactive ketones (excluding diaryl/α,β-unsaturated/α-hetero) is 1. The number of carbonyl (C=O) groups is 2. The SMILES string of the molecule is CCOC(=O)[C@H](C#N)CC(=O)c1cccc(F)c1. The van der Waals surface area contributed by atoms with Crippen LogP contribution in [0.1, 0.15) is 23.7 Å². The van der Waals surface area contributed by atoms with E-state index in [-0.39, 0.29) is 18.6 Å². The average Bonchev–Trinajstić information content (AvgIpc) is 2.35. The third kappa shape index (κ3) is 3.67. The summed E-state index contributed by atoms with van der Waals surface area (Å²) in [6.45, 7) is 1.76. The van der Waals surface area contributed by atoms with Gasteiger partial charge >= 0.3 is 5.97 Å². The largest absolute Gasteiger partial charge is 0.465 e. The summed E-state index contributed by atoms with van der Waals surface area (Å²) in [6, 6.07) is 6.83. The van der Waals surface area contributed by atoms with E-state index in [4.69, 9.17) is 5.26 Å². The minimum absolute atomic E-state index is 0.138. The number of esters is 1. The van der Waals surface area contributed by atoms with Gasteiger partial charge in [0.15, 0.2) is 11.7 Å². The molecule has 0 aliphatic rings. The molecule has 0 amide bonds. The number of carbonyl (C=O) groups excluding carboxylic acids is 2. The van der Waals surface area contributed by atoms with Crippen LogP contribution in [0.2, 0.25) is 0 Å². The van der Waals surface area contributed by atoms with Gasteiger partial charge in [-0.1, -0.05) is 12.1 Å². The van der Waals surface area contributed by atoms with Crippen molar-refractivity contribution in [2.45, 2.75) is 13.3 Å². The summed E-state index contributed by atoms with van der Waals surface area (Å²) in [4.78, 5) is 23.1. The molecule has 0 spiro atoms. The predicted octanol–water partition coefficient (Wildman–Crippen LogP) is 2.10. The Labute approximate surface area is 104 Å². The van der Waals surface area contributed by atoms with Gasteiger partial charge in [0.05, 0.1) is 12.7 Å². The summed E-state index contributed by atoms with van der Waals surface area (Å²) in [7, 11) is 0. The summed E-state index contributed by atoms with van der Waals surface area (Å²) in [5, 5.41) is 8.80. The molecule has 0 bridgehead atoms. The maximum Gasteiger partial charge on any atom is 0.323 e. The van der Waals surface area contributed by atoms with E-state index in [9.17, 15) is 14.0 Å². The molecule has 4 nitrogen and oxygen atoms in total. The highest BCUT2D eigenvalue weighted by Crippen LogP contribution is 2.12. The molecule has 94 valence electrons. The van der Waals surface area contributed by atoms with Crippen LogP contribution < -0.4 is 0 Å². The molecule has 0 N–H and O–H groups in total. The van der Waals surface area contributed by atoms with Crippen molar-refractivity contribution in [1.82, 2.24) is 0 Å². The average molecular weight is 249 g/mol. The van der Waals surface area contributed by atoms with Crippen LogP contribution in [0.25, 0.3) is 0 Å². The zero-order valence-electron chi connectivity index (χ0n) is 9.85. The Morgan fingerprint density at radius 2 is 2.22 bits per heavy atom. The van der Waals surface area contributed by atoms with Crippen molar-refractivity contribution in [2.24, 2.45) is 5.92 Å². The van der Waals surface area contributed by atoms with E-state index in [0.29, 0.717) is 0 Å². The molecule has 1 aromatic rings. The van der Waals surface area contributed by atoms with Gasteiger partial charge in [-0.3, -0.25) is 9.59 Å². The molecular weight excluding hydrogens is 237 g/mol. The Hall–Kier alpha value is -2.22. The fourth-order valence-corrected chi connectivity index (χ4v) is 1.39. The highest BCUT2D eigenvalue weighted by molar-refractivity contribution is 5.98. The van der Waals surface area contributed by atoms with Crippen LogP contribution in [0.4, 0.5) is 4.39 Å². The highest BCUT2D eigenvalue weighted by atomic mass is 19.1. The third-order valence-corrected chi connectivity index (χ3v) is 2.26. The molecule has 0 unspecified atom stereocenters. The number of halogens is 1. The normalized spacial score (nSPS) is 11.4. The molecule has 1 rings (SSSR count). The maximum atomic E-state index is 12.9. The molecule has 0 heterocycles. The maximum absolute atomic E-state index is 12.9. The summed E-state index contributed by atoms with van der Waals surface area (Å²) in [5.41, 5.74) is 0.138. The number of nitriles is 1. The van der Waals surface area contributed by atoms with Gasteiger partial charge in [-0.05, 0) is 19.1 Å². The van der Waals surface area contributed by atoms with Crippen molar-refractivity contribution in [2.75, 3.05) is 6.61 Å². The lowest BCUT2D eigenvalue weighted by atomic mass is 9.99. The fourth-order valence-electron chi connectivity index (χ4n) is 1.39. The monoisotopic (exact) mass is 249 g/mol. The second-order valence-electron chi connectivity index (χ2n) is 3.57. The van der Waals surface area contributed by atoms with Crippen LogP contribution >= 0.6 is 0 Å². The Morgan fingerprint density at radius 3 is 2.78 bits per heavy atom. The van der Waals surface area contributed by atoms with Gasteiger partial charge in [0, 0.05) is 12.0 Å². The van der Waals surface area contributed by atoms with E-state index in [1.165, 1.54) is 18.2 Å². The quantitative estimate of drug-likeness (QED) is 0.592. The van der Waals surface area contributed by atoms with Crippen LogP contribution in [-0.2, 0) is 9.53 Å². The minimum atomic E-state index is -1.15. The lowest BCUT2D eigenvalue weighted by Crippen LogP contribution is -2.19. The summed E-state index contributed by atoms with van der Waals surface area (Å²) < 4.78 is 17.6. The van der Waals surface area contributed by atoms with Gasteiger partial charge in [0.1, 0.15) is 5.82 Å². The Morgan fingerprint density at radius 1 is 1.50 bits per heavy atom. The number of ether oxygens (including phenoxy) is 1. The predicted molar refractivity (Wildman–Crippen MR) is 61.1 cm³/mol. The number of ketones is 1. The lowest BCUT2D eigenvalue weighted by Gasteiger charge is -2.07. The first-order chi connectivity index (χ1) is 8.58. The molecule has 0 saturated heterocycles.